The number of halogens is 2. The minimum absolute atomic E-state index is 0.0898. The molecule has 20 heavy (non-hydrogen) atoms. The summed E-state index contributed by atoms with van der Waals surface area (Å²) < 4.78 is 0. The van der Waals surface area contributed by atoms with Crippen molar-refractivity contribution in [3.8, 4) is 0 Å². The number of pyridine rings is 1. The van der Waals surface area contributed by atoms with E-state index in [-0.39, 0.29) is 22.1 Å². The summed E-state index contributed by atoms with van der Waals surface area (Å²) in [5.74, 6) is 0.329. The van der Waals surface area contributed by atoms with Gasteiger partial charge < -0.3 is 10.2 Å². The number of aromatic nitrogens is 1. The standard InChI is InChI=1S/C14H21Cl2N3O/c1-9(2)5-11(8-19(3)4)18-14(20)10-6-12(15)13(16)17-7-10/h6-7,9,11H,5,8H2,1-4H3,(H,18,20). The quantitative estimate of drug-likeness (QED) is 0.820. The first kappa shape index (κ1) is 17.2. The molecule has 6 heteroatoms. The molecular formula is C14H21Cl2N3O. The van der Waals surface area contributed by atoms with Crippen LogP contribution in [-0.2, 0) is 0 Å². The molecule has 112 valence electrons. The van der Waals surface area contributed by atoms with Crippen LogP contribution in [0.4, 0.5) is 0 Å². The molecule has 0 spiro atoms. The first-order valence-electron chi connectivity index (χ1n) is 6.56. The Morgan fingerprint density at radius 1 is 1.40 bits per heavy atom. The Hall–Kier alpha value is -0.840. The van der Waals surface area contributed by atoms with E-state index < -0.39 is 0 Å². The van der Waals surface area contributed by atoms with Gasteiger partial charge in [0, 0.05) is 18.8 Å². The van der Waals surface area contributed by atoms with E-state index >= 15 is 0 Å². The van der Waals surface area contributed by atoms with Crippen molar-refractivity contribution in [3.05, 3.63) is 28.0 Å². The molecule has 1 atom stereocenters. The lowest BCUT2D eigenvalue weighted by Crippen LogP contribution is -2.42. The van der Waals surface area contributed by atoms with E-state index in [0.717, 1.165) is 13.0 Å². The molecule has 4 nitrogen and oxygen atoms in total. The third-order valence-corrected chi connectivity index (χ3v) is 3.42. The van der Waals surface area contributed by atoms with E-state index in [4.69, 9.17) is 23.2 Å². The summed E-state index contributed by atoms with van der Waals surface area (Å²) in [6, 6.07) is 1.63. The monoisotopic (exact) mass is 317 g/mol. The average Bonchev–Trinajstić information content (AvgIpc) is 2.30. The van der Waals surface area contributed by atoms with Crippen LogP contribution in [0.2, 0.25) is 10.2 Å². The van der Waals surface area contributed by atoms with Gasteiger partial charge in [0.2, 0.25) is 0 Å². The van der Waals surface area contributed by atoms with Crippen LogP contribution in [0.15, 0.2) is 12.3 Å². The largest absolute Gasteiger partial charge is 0.348 e. The van der Waals surface area contributed by atoms with E-state index in [1.54, 1.807) is 0 Å². The molecule has 0 saturated carbocycles. The number of hydrogen-bond acceptors (Lipinski definition) is 3. The molecule has 1 aromatic rings. The fourth-order valence-electron chi connectivity index (χ4n) is 2.00. The SMILES string of the molecule is CC(C)CC(CN(C)C)NC(=O)c1cnc(Cl)c(Cl)c1. The highest BCUT2D eigenvalue weighted by molar-refractivity contribution is 6.41. The molecular weight excluding hydrogens is 297 g/mol. The maximum absolute atomic E-state index is 12.2. The zero-order valence-corrected chi connectivity index (χ0v) is 13.8. The highest BCUT2D eigenvalue weighted by Gasteiger charge is 2.17. The summed E-state index contributed by atoms with van der Waals surface area (Å²) in [5.41, 5.74) is 0.423. The first-order chi connectivity index (χ1) is 9.29. The van der Waals surface area contributed by atoms with Crippen LogP contribution in [0.1, 0.15) is 30.6 Å². The van der Waals surface area contributed by atoms with E-state index in [9.17, 15) is 4.79 Å². The van der Waals surface area contributed by atoms with Gasteiger partial charge in [-0.15, -0.1) is 0 Å². The maximum atomic E-state index is 12.2. The number of carbonyl (C=O) groups excluding carboxylic acids is 1. The van der Waals surface area contributed by atoms with E-state index in [1.165, 1.54) is 12.3 Å². The first-order valence-corrected chi connectivity index (χ1v) is 7.31. The van der Waals surface area contributed by atoms with E-state index in [0.29, 0.717) is 11.5 Å². The minimum Gasteiger partial charge on any atom is -0.348 e. The Morgan fingerprint density at radius 3 is 2.55 bits per heavy atom. The number of hydrogen-bond donors (Lipinski definition) is 1. The number of amides is 1. The fourth-order valence-corrected chi connectivity index (χ4v) is 2.27. The zero-order chi connectivity index (χ0) is 15.3. The normalized spacial score (nSPS) is 12.8. The molecule has 0 aliphatic carbocycles. The summed E-state index contributed by atoms with van der Waals surface area (Å²) in [6.45, 7) is 5.06. The van der Waals surface area contributed by atoms with Crippen molar-refractivity contribution in [2.45, 2.75) is 26.3 Å². The Morgan fingerprint density at radius 2 is 2.05 bits per heavy atom. The summed E-state index contributed by atoms with van der Waals surface area (Å²) in [7, 11) is 3.97. The number of nitrogens with one attached hydrogen (secondary N) is 1. The van der Waals surface area contributed by atoms with Gasteiger partial charge in [-0.25, -0.2) is 4.98 Å². The van der Waals surface area contributed by atoms with Crippen molar-refractivity contribution < 1.29 is 4.79 Å². The second-order valence-corrected chi connectivity index (χ2v) is 6.32. The van der Waals surface area contributed by atoms with Gasteiger partial charge in [-0.05, 0) is 32.5 Å². The van der Waals surface area contributed by atoms with Crippen LogP contribution >= 0.6 is 23.2 Å². The van der Waals surface area contributed by atoms with Gasteiger partial charge in [0.15, 0.2) is 0 Å². The van der Waals surface area contributed by atoms with Crippen LogP contribution in [-0.4, -0.2) is 42.5 Å². The smallest absolute Gasteiger partial charge is 0.253 e. The maximum Gasteiger partial charge on any atom is 0.253 e. The molecule has 0 bridgehead atoms. The van der Waals surface area contributed by atoms with Crippen molar-refractivity contribution in [3.63, 3.8) is 0 Å². The van der Waals surface area contributed by atoms with Crippen molar-refractivity contribution in [1.82, 2.24) is 15.2 Å². The fraction of sp³-hybridized carbons (Fsp3) is 0.571. The lowest BCUT2D eigenvalue weighted by atomic mass is 10.0. The summed E-state index contributed by atoms with van der Waals surface area (Å²) in [6.07, 6.45) is 2.35. The molecule has 0 aromatic carbocycles. The van der Waals surface area contributed by atoms with Gasteiger partial charge in [-0.3, -0.25) is 4.79 Å². The Kier molecular flexibility index (Phi) is 6.72. The topological polar surface area (TPSA) is 45.2 Å². The third kappa shape index (κ3) is 5.65. The lowest BCUT2D eigenvalue weighted by Gasteiger charge is -2.24. The molecule has 0 aliphatic rings. The Balaban J connectivity index is 2.76. The molecule has 1 heterocycles. The van der Waals surface area contributed by atoms with Gasteiger partial charge in [-0.2, -0.15) is 0 Å². The molecule has 0 radical (unpaired) electrons. The van der Waals surface area contributed by atoms with Crippen LogP contribution in [0.3, 0.4) is 0 Å². The molecule has 0 fully saturated rings. The molecule has 1 aromatic heterocycles. The lowest BCUT2D eigenvalue weighted by molar-refractivity contribution is 0.0924. The molecule has 1 N–H and O–H groups in total. The van der Waals surface area contributed by atoms with Crippen LogP contribution in [0, 0.1) is 5.92 Å². The van der Waals surface area contributed by atoms with Crippen molar-refractivity contribution in [2.75, 3.05) is 20.6 Å². The van der Waals surface area contributed by atoms with Gasteiger partial charge in [0.1, 0.15) is 5.15 Å². The number of likely N-dealkylation sites (N-methyl/N-ethyl adjacent to an activating group) is 1. The molecule has 1 rings (SSSR count). The molecule has 0 saturated heterocycles. The summed E-state index contributed by atoms with van der Waals surface area (Å²) in [4.78, 5) is 18.2. The highest BCUT2D eigenvalue weighted by Crippen LogP contribution is 2.19. The summed E-state index contributed by atoms with van der Waals surface area (Å²) in [5, 5.41) is 3.51. The molecule has 1 unspecified atom stereocenters. The summed E-state index contributed by atoms with van der Waals surface area (Å²) >= 11 is 11.6. The van der Waals surface area contributed by atoms with Gasteiger partial charge in [0.25, 0.3) is 5.91 Å². The van der Waals surface area contributed by atoms with Gasteiger partial charge in [0.05, 0.1) is 10.6 Å². The zero-order valence-electron chi connectivity index (χ0n) is 12.3. The Labute approximate surface area is 130 Å². The number of rotatable bonds is 6. The molecule has 0 aliphatic heterocycles. The predicted octanol–water partition coefficient (Wildman–Crippen LogP) is 3.09. The second kappa shape index (κ2) is 7.81. The van der Waals surface area contributed by atoms with Crippen molar-refractivity contribution >= 4 is 29.1 Å². The Bertz CT molecular complexity index is 454. The average molecular weight is 318 g/mol. The van der Waals surface area contributed by atoms with E-state index in [1.807, 2.05) is 14.1 Å². The molecule has 1 amide bonds. The van der Waals surface area contributed by atoms with Crippen molar-refractivity contribution in [2.24, 2.45) is 5.92 Å². The number of carbonyl (C=O) groups is 1. The van der Waals surface area contributed by atoms with Crippen LogP contribution in [0.25, 0.3) is 0 Å². The van der Waals surface area contributed by atoms with Crippen LogP contribution in [0.5, 0.6) is 0 Å². The van der Waals surface area contributed by atoms with Crippen LogP contribution < -0.4 is 5.32 Å². The minimum atomic E-state index is -0.177. The van der Waals surface area contributed by atoms with Gasteiger partial charge >= 0.3 is 0 Å². The number of nitrogens with zero attached hydrogens (tertiary/aromatic N) is 2. The highest BCUT2D eigenvalue weighted by atomic mass is 35.5. The van der Waals surface area contributed by atoms with Crippen molar-refractivity contribution in [1.29, 1.82) is 0 Å². The third-order valence-electron chi connectivity index (χ3n) is 2.74. The second-order valence-electron chi connectivity index (χ2n) is 5.56. The van der Waals surface area contributed by atoms with E-state index in [2.05, 4.69) is 29.0 Å². The van der Waals surface area contributed by atoms with Gasteiger partial charge in [-0.1, -0.05) is 37.0 Å². The predicted molar refractivity (Wildman–Crippen MR) is 83.5 cm³/mol.